The van der Waals surface area contributed by atoms with E-state index < -0.39 is 5.97 Å². The van der Waals surface area contributed by atoms with Crippen molar-refractivity contribution in [2.75, 3.05) is 32.8 Å². The smallest absolute Gasteiger partial charge is 0.317 e. The van der Waals surface area contributed by atoms with Gasteiger partial charge in [0.05, 0.1) is 6.61 Å². The topological polar surface area (TPSA) is 78.9 Å². The van der Waals surface area contributed by atoms with Crippen molar-refractivity contribution >= 4 is 12.0 Å². The van der Waals surface area contributed by atoms with Crippen LogP contribution in [0.1, 0.15) is 32.6 Å². The van der Waals surface area contributed by atoms with Gasteiger partial charge in [0.1, 0.15) is 0 Å². The fraction of sp³-hybridized carbons (Fsp3) is 0.846. The molecular formula is C13H24N2O4. The lowest BCUT2D eigenvalue weighted by molar-refractivity contribution is -0.137. The monoisotopic (exact) mass is 272 g/mol. The highest BCUT2D eigenvalue weighted by molar-refractivity contribution is 5.74. The van der Waals surface area contributed by atoms with Crippen LogP contribution in [0.25, 0.3) is 0 Å². The molecule has 19 heavy (non-hydrogen) atoms. The van der Waals surface area contributed by atoms with Crippen LogP contribution >= 0.6 is 0 Å². The number of carbonyl (C=O) groups is 2. The van der Waals surface area contributed by atoms with Crippen LogP contribution in [-0.2, 0) is 9.53 Å². The molecule has 1 aliphatic heterocycles. The van der Waals surface area contributed by atoms with Gasteiger partial charge in [0.15, 0.2) is 0 Å². The van der Waals surface area contributed by atoms with Crippen LogP contribution in [0, 0.1) is 5.92 Å². The molecule has 6 heteroatoms. The van der Waals surface area contributed by atoms with Gasteiger partial charge in [-0.1, -0.05) is 0 Å². The van der Waals surface area contributed by atoms with Crippen LogP contribution in [0.15, 0.2) is 0 Å². The summed E-state index contributed by atoms with van der Waals surface area (Å²) < 4.78 is 5.16. The normalized spacial score (nSPS) is 19.2. The number of aliphatic carboxylic acids is 1. The summed E-state index contributed by atoms with van der Waals surface area (Å²) in [7, 11) is 0. The summed E-state index contributed by atoms with van der Waals surface area (Å²) in [4.78, 5) is 24.2. The van der Waals surface area contributed by atoms with Gasteiger partial charge < -0.3 is 20.1 Å². The lowest BCUT2D eigenvalue weighted by atomic mass is 9.93. The van der Waals surface area contributed by atoms with E-state index in [4.69, 9.17) is 9.84 Å². The Kier molecular flexibility index (Phi) is 7.25. The zero-order valence-electron chi connectivity index (χ0n) is 11.6. The van der Waals surface area contributed by atoms with Crippen LogP contribution in [0.3, 0.4) is 0 Å². The molecule has 0 spiro atoms. The third-order valence-corrected chi connectivity index (χ3v) is 3.30. The fourth-order valence-corrected chi connectivity index (χ4v) is 2.30. The largest absolute Gasteiger partial charge is 0.481 e. The fourth-order valence-electron chi connectivity index (χ4n) is 2.30. The number of ether oxygens (including phenoxy) is 1. The number of likely N-dealkylation sites (tertiary alicyclic amines) is 1. The second-order valence-electron chi connectivity index (χ2n) is 4.82. The Morgan fingerprint density at radius 2 is 2.26 bits per heavy atom. The molecule has 1 fully saturated rings. The maximum Gasteiger partial charge on any atom is 0.317 e. The standard InChI is InChI=1S/C13H24N2O4/c1-2-19-9-7-14-13(18)15-8-3-4-11(10-15)5-6-12(16)17/h11H,2-10H2,1H3,(H,14,18)(H,16,17). The molecule has 2 N–H and O–H groups in total. The number of amides is 2. The van der Waals surface area contributed by atoms with Gasteiger partial charge in [-0.25, -0.2) is 4.79 Å². The summed E-state index contributed by atoms with van der Waals surface area (Å²) in [6.45, 7) is 5.02. The van der Waals surface area contributed by atoms with Gasteiger partial charge in [-0.3, -0.25) is 4.79 Å². The van der Waals surface area contributed by atoms with Crippen molar-refractivity contribution in [3.63, 3.8) is 0 Å². The van der Waals surface area contributed by atoms with E-state index in [1.165, 1.54) is 0 Å². The number of carboxylic acid groups (broad SMARTS) is 1. The van der Waals surface area contributed by atoms with Crippen molar-refractivity contribution in [3.8, 4) is 0 Å². The summed E-state index contributed by atoms with van der Waals surface area (Å²) in [6.07, 6.45) is 2.79. The average Bonchev–Trinajstić information content (AvgIpc) is 2.41. The zero-order valence-corrected chi connectivity index (χ0v) is 11.6. The molecule has 1 heterocycles. The van der Waals surface area contributed by atoms with Gasteiger partial charge >= 0.3 is 12.0 Å². The predicted octanol–water partition coefficient (Wildman–Crippen LogP) is 1.31. The average molecular weight is 272 g/mol. The highest BCUT2D eigenvalue weighted by Gasteiger charge is 2.23. The second kappa shape index (κ2) is 8.74. The molecule has 1 rings (SSSR count). The number of piperidine rings is 1. The highest BCUT2D eigenvalue weighted by Crippen LogP contribution is 2.20. The van der Waals surface area contributed by atoms with Gasteiger partial charge in [0, 0.05) is 32.7 Å². The minimum absolute atomic E-state index is 0.0697. The molecule has 0 bridgehead atoms. The molecule has 1 aliphatic rings. The molecule has 0 saturated carbocycles. The first-order valence-electron chi connectivity index (χ1n) is 6.95. The lowest BCUT2D eigenvalue weighted by Gasteiger charge is -2.32. The van der Waals surface area contributed by atoms with Crippen LogP contribution in [0.5, 0.6) is 0 Å². The molecule has 2 amide bonds. The van der Waals surface area contributed by atoms with Gasteiger partial charge in [0.2, 0.25) is 0 Å². The minimum atomic E-state index is -0.765. The van der Waals surface area contributed by atoms with E-state index in [9.17, 15) is 9.59 Å². The summed E-state index contributed by atoms with van der Waals surface area (Å²) in [5.74, 6) is -0.458. The number of nitrogens with zero attached hydrogens (tertiary/aromatic N) is 1. The van der Waals surface area contributed by atoms with Crippen LogP contribution < -0.4 is 5.32 Å². The van der Waals surface area contributed by atoms with E-state index in [1.54, 1.807) is 4.90 Å². The molecule has 1 unspecified atom stereocenters. The third-order valence-electron chi connectivity index (χ3n) is 3.30. The number of urea groups is 1. The Morgan fingerprint density at radius 3 is 2.95 bits per heavy atom. The molecule has 0 radical (unpaired) electrons. The SMILES string of the molecule is CCOCCNC(=O)N1CCCC(CCC(=O)O)C1. The van der Waals surface area contributed by atoms with Crippen LogP contribution in [-0.4, -0.2) is 54.9 Å². The van der Waals surface area contributed by atoms with Gasteiger partial charge in [0.25, 0.3) is 0 Å². The molecular weight excluding hydrogens is 248 g/mol. The first-order valence-corrected chi connectivity index (χ1v) is 6.95. The number of hydrogen-bond donors (Lipinski definition) is 2. The summed E-state index contributed by atoms with van der Waals surface area (Å²) in [5, 5.41) is 11.5. The Morgan fingerprint density at radius 1 is 1.47 bits per heavy atom. The molecule has 1 saturated heterocycles. The molecule has 6 nitrogen and oxygen atoms in total. The number of nitrogens with one attached hydrogen (secondary N) is 1. The number of carbonyl (C=O) groups excluding carboxylic acids is 1. The molecule has 0 aliphatic carbocycles. The predicted molar refractivity (Wildman–Crippen MR) is 71.1 cm³/mol. The van der Waals surface area contributed by atoms with E-state index in [-0.39, 0.29) is 12.5 Å². The van der Waals surface area contributed by atoms with Crippen LogP contribution in [0.2, 0.25) is 0 Å². The number of carboxylic acids is 1. The molecule has 1 atom stereocenters. The van der Waals surface area contributed by atoms with Crippen molar-refractivity contribution in [1.82, 2.24) is 10.2 Å². The quantitative estimate of drug-likeness (QED) is 0.685. The van der Waals surface area contributed by atoms with Crippen molar-refractivity contribution in [1.29, 1.82) is 0 Å². The Bertz CT molecular complexity index is 296. The Hall–Kier alpha value is -1.30. The van der Waals surface area contributed by atoms with Crippen molar-refractivity contribution < 1.29 is 19.4 Å². The van der Waals surface area contributed by atoms with Gasteiger partial charge in [-0.15, -0.1) is 0 Å². The van der Waals surface area contributed by atoms with E-state index in [1.807, 2.05) is 6.92 Å². The zero-order chi connectivity index (χ0) is 14.1. The number of rotatable bonds is 7. The molecule has 110 valence electrons. The summed E-state index contributed by atoms with van der Waals surface area (Å²) in [5.41, 5.74) is 0. The highest BCUT2D eigenvalue weighted by atomic mass is 16.5. The summed E-state index contributed by atoms with van der Waals surface area (Å²) >= 11 is 0. The van der Waals surface area contributed by atoms with E-state index in [2.05, 4.69) is 5.32 Å². The first kappa shape index (κ1) is 15.8. The maximum atomic E-state index is 11.9. The third kappa shape index (κ3) is 6.42. The van der Waals surface area contributed by atoms with Crippen molar-refractivity contribution in [3.05, 3.63) is 0 Å². The second-order valence-corrected chi connectivity index (χ2v) is 4.82. The van der Waals surface area contributed by atoms with Crippen molar-refractivity contribution in [2.24, 2.45) is 5.92 Å². The van der Waals surface area contributed by atoms with Crippen LogP contribution in [0.4, 0.5) is 4.79 Å². The molecule has 0 aromatic heterocycles. The van der Waals surface area contributed by atoms with E-state index in [0.29, 0.717) is 38.6 Å². The lowest BCUT2D eigenvalue weighted by Crippen LogP contribution is -2.46. The molecule has 0 aromatic rings. The maximum absolute atomic E-state index is 11.9. The first-order chi connectivity index (χ1) is 9.13. The minimum Gasteiger partial charge on any atom is -0.481 e. The number of hydrogen-bond acceptors (Lipinski definition) is 3. The van der Waals surface area contributed by atoms with E-state index >= 15 is 0 Å². The van der Waals surface area contributed by atoms with Gasteiger partial charge in [-0.2, -0.15) is 0 Å². The van der Waals surface area contributed by atoms with E-state index in [0.717, 1.165) is 19.4 Å². The summed E-state index contributed by atoms with van der Waals surface area (Å²) in [6, 6.07) is -0.0697. The molecule has 0 aromatic carbocycles. The Balaban J connectivity index is 2.24. The van der Waals surface area contributed by atoms with Gasteiger partial charge in [-0.05, 0) is 32.1 Å². The van der Waals surface area contributed by atoms with Crippen molar-refractivity contribution in [2.45, 2.75) is 32.6 Å². The Labute approximate surface area is 114 Å².